The monoisotopic (exact) mass is 213 g/mol. The summed E-state index contributed by atoms with van der Waals surface area (Å²) in [6.07, 6.45) is 2.24. The third-order valence-corrected chi connectivity index (χ3v) is 1.53. The Hall–Kier alpha value is -1.78. The van der Waals surface area contributed by atoms with Gasteiger partial charge in [0, 0.05) is 11.6 Å². The van der Waals surface area contributed by atoms with E-state index in [-0.39, 0.29) is 12.2 Å². The molecule has 0 amide bonds. The average Bonchev–Trinajstić information content (AvgIpc) is 2.17. The van der Waals surface area contributed by atoms with Gasteiger partial charge in [0.05, 0.1) is 6.61 Å². The molecule has 0 aliphatic heterocycles. The SMILES string of the molecule is CCOC(=O)/C=C/c1ccc(F)nc1F. The normalized spacial score (nSPS) is 10.6. The maximum atomic E-state index is 12.9. The van der Waals surface area contributed by atoms with Crippen LogP contribution in [-0.4, -0.2) is 17.6 Å². The maximum absolute atomic E-state index is 12.9. The quantitative estimate of drug-likeness (QED) is 0.437. The van der Waals surface area contributed by atoms with Crippen molar-refractivity contribution >= 4 is 12.0 Å². The predicted molar refractivity (Wildman–Crippen MR) is 49.8 cm³/mol. The van der Waals surface area contributed by atoms with Crippen LogP contribution in [0.3, 0.4) is 0 Å². The summed E-state index contributed by atoms with van der Waals surface area (Å²) in [6, 6.07) is 2.20. The molecule has 0 radical (unpaired) electrons. The minimum Gasteiger partial charge on any atom is -0.463 e. The van der Waals surface area contributed by atoms with E-state index in [1.807, 2.05) is 0 Å². The van der Waals surface area contributed by atoms with E-state index in [9.17, 15) is 13.6 Å². The van der Waals surface area contributed by atoms with Crippen molar-refractivity contribution in [3.63, 3.8) is 0 Å². The van der Waals surface area contributed by atoms with Crippen molar-refractivity contribution in [1.29, 1.82) is 0 Å². The summed E-state index contributed by atoms with van der Waals surface area (Å²) in [4.78, 5) is 13.8. The van der Waals surface area contributed by atoms with Crippen LogP contribution in [-0.2, 0) is 9.53 Å². The van der Waals surface area contributed by atoms with Gasteiger partial charge in [-0.15, -0.1) is 0 Å². The first-order valence-electron chi connectivity index (χ1n) is 4.30. The van der Waals surface area contributed by atoms with Crippen LogP contribution < -0.4 is 0 Å². The molecule has 1 heterocycles. The number of nitrogens with zero attached hydrogens (tertiary/aromatic N) is 1. The number of halogens is 2. The van der Waals surface area contributed by atoms with Gasteiger partial charge in [-0.25, -0.2) is 4.79 Å². The van der Waals surface area contributed by atoms with Crippen LogP contribution in [0.15, 0.2) is 18.2 Å². The van der Waals surface area contributed by atoms with E-state index in [1.54, 1.807) is 6.92 Å². The lowest BCUT2D eigenvalue weighted by Crippen LogP contribution is -1.99. The molecule has 0 spiro atoms. The van der Waals surface area contributed by atoms with Crippen LogP contribution in [0.2, 0.25) is 0 Å². The fourth-order valence-corrected chi connectivity index (χ4v) is 0.895. The van der Waals surface area contributed by atoms with Gasteiger partial charge in [0.25, 0.3) is 0 Å². The Kier molecular flexibility index (Phi) is 3.91. The van der Waals surface area contributed by atoms with Gasteiger partial charge in [-0.05, 0) is 25.1 Å². The molecule has 1 aromatic heterocycles. The Labute approximate surface area is 85.4 Å². The van der Waals surface area contributed by atoms with Crippen molar-refractivity contribution in [2.75, 3.05) is 6.61 Å². The number of carbonyl (C=O) groups is 1. The highest BCUT2D eigenvalue weighted by Crippen LogP contribution is 2.07. The summed E-state index contributed by atoms with van der Waals surface area (Å²) in [5, 5.41) is 0. The number of ether oxygens (including phenoxy) is 1. The summed E-state index contributed by atoms with van der Waals surface area (Å²) in [5.41, 5.74) is 0.0319. The average molecular weight is 213 g/mol. The standard InChI is InChI=1S/C10H9F2NO2/c1-2-15-9(14)6-4-7-3-5-8(11)13-10(7)12/h3-6H,2H2,1H3/b6-4+. The number of carbonyl (C=O) groups excluding carboxylic acids is 1. The van der Waals surface area contributed by atoms with Gasteiger partial charge in [0.2, 0.25) is 11.9 Å². The molecule has 0 aromatic carbocycles. The minimum atomic E-state index is -0.962. The lowest BCUT2D eigenvalue weighted by molar-refractivity contribution is -0.137. The highest BCUT2D eigenvalue weighted by molar-refractivity contribution is 5.86. The molecule has 0 saturated heterocycles. The summed E-state index contributed by atoms with van der Waals surface area (Å²) >= 11 is 0. The van der Waals surface area contributed by atoms with Crippen molar-refractivity contribution in [2.24, 2.45) is 0 Å². The zero-order valence-electron chi connectivity index (χ0n) is 8.04. The van der Waals surface area contributed by atoms with Gasteiger partial charge in [-0.3, -0.25) is 0 Å². The molecule has 0 saturated carbocycles. The van der Waals surface area contributed by atoms with Crippen LogP contribution in [0, 0.1) is 11.9 Å². The van der Waals surface area contributed by atoms with Gasteiger partial charge < -0.3 is 4.74 Å². The van der Waals surface area contributed by atoms with Crippen LogP contribution in [0.1, 0.15) is 12.5 Å². The smallest absolute Gasteiger partial charge is 0.330 e. The number of rotatable bonds is 3. The first-order chi connectivity index (χ1) is 7.13. The molecule has 0 N–H and O–H groups in total. The molecule has 0 atom stereocenters. The Morgan fingerprint density at radius 2 is 2.27 bits per heavy atom. The first kappa shape index (κ1) is 11.3. The molecule has 0 aliphatic rings. The van der Waals surface area contributed by atoms with Crippen molar-refractivity contribution < 1.29 is 18.3 Å². The van der Waals surface area contributed by atoms with Crippen LogP contribution in [0.25, 0.3) is 6.08 Å². The third kappa shape index (κ3) is 3.46. The fourth-order valence-electron chi connectivity index (χ4n) is 0.895. The van der Waals surface area contributed by atoms with E-state index in [4.69, 9.17) is 0 Å². The molecule has 1 rings (SSSR count). The molecular weight excluding hydrogens is 204 g/mol. The predicted octanol–water partition coefficient (Wildman–Crippen LogP) is 1.94. The third-order valence-electron chi connectivity index (χ3n) is 1.53. The summed E-state index contributed by atoms with van der Waals surface area (Å²) < 4.78 is 29.9. The molecule has 0 aliphatic carbocycles. The second-order valence-corrected chi connectivity index (χ2v) is 2.60. The molecule has 80 valence electrons. The van der Waals surface area contributed by atoms with Crippen molar-refractivity contribution in [3.8, 4) is 0 Å². The second-order valence-electron chi connectivity index (χ2n) is 2.60. The number of aromatic nitrogens is 1. The molecule has 0 unspecified atom stereocenters. The molecule has 5 heteroatoms. The van der Waals surface area contributed by atoms with Crippen molar-refractivity contribution in [3.05, 3.63) is 35.7 Å². The Morgan fingerprint density at radius 3 is 2.87 bits per heavy atom. The van der Waals surface area contributed by atoms with Crippen molar-refractivity contribution in [1.82, 2.24) is 4.98 Å². The van der Waals surface area contributed by atoms with Crippen LogP contribution >= 0.6 is 0 Å². The summed E-state index contributed by atoms with van der Waals surface area (Å²) in [5.74, 6) is -2.45. The zero-order chi connectivity index (χ0) is 11.3. The summed E-state index contributed by atoms with van der Waals surface area (Å²) in [6.45, 7) is 1.90. The molecule has 15 heavy (non-hydrogen) atoms. The van der Waals surface area contributed by atoms with E-state index in [0.29, 0.717) is 0 Å². The van der Waals surface area contributed by atoms with E-state index >= 15 is 0 Å². The molecule has 0 bridgehead atoms. The Morgan fingerprint density at radius 1 is 1.53 bits per heavy atom. The molecule has 1 aromatic rings. The topological polar surface area (TPSA) is 39.2 Å². The van der Waals surface area contributed by atoms with Gasteiger partial charge in [-0.1, -0.05) is 0 Å². The molecule has 3 nitrogen and oxygen atoms in total. The molecule has 0 fully saturated rings. The largest absolute Gasteiger partial charge is 0.463 e. The Balaban J connectivity index is 2.76. The first-order valence-corrected chi connectivity index (χ1v) is 4.30. The maximum Gasteiger partial charge on any atom is 0.330 e. The number of esters is 1. The molecular formula is C10H9F2NO2. The van der Waals surface area contributed by atoms with E-state index < -0.39 is 17.9 Å². The fraction of sp³-hybridized carbons (Fsp3) is 0.200. The number of hydrogen-bond donors (Lipinski definition) is 0. The van der Waals surface area contributed by atoms with E-state index in [2.05, 4.69) is 9.72 Å². The van der Waals surface area contributed by atoms with E-state index in [1.165, 1.54) is 12.1 Å². The second kappa shape index (κ2) is 5.19. The van der Waals surface area contributed by atoms with Crippen LogP contribution in [0.5, 0.6) is 0 Å². The van der Waals surface area contributed by atoms with Gasteiger partial charge in [0.1, 0.15) is 0 Å². The highest BCUT2D eigenvalue weighted by Gasteiger charge is 2.02. The lowest BCUT2D eigenvalue weighted by Gasteiger charge is -1.96. The lowest BCUT2D eigenvalue weighted by atomic mass is 10.2. The minimum absolute atomic E-state index is 0.0319. The number of hydrogen-bond acceptors (Lipinski definition) is 3. The highest BCUT2D eigenvalue weighted by atomic mass is 19.1. The van der Waals surface area contributed by atoms with Gasteiger partial charge in [-0.2, -0.15) is 13.8 Å². The van der Waals surface area contributed by atoms with E-state index in [0.717, 1.165) is 12.1 Å². The van der Waals surface area contributed by atoms with Crippen LogP contribution in [0.4, 0.5) is 8.78 Å². The van der Waals surface area contributed by atoms with Gasteiger partial charge >= 0.3 is 5.97 Å². The van der Waals surface area contributed by atoms with Gasteiger partial charge in [0.15, 0.2) is 0 Å². The van der Waals surface area contributed by atoms with Crippen molar-refractivity contribution in [2.45, 2.75) is 6.92 Å². The number of pyridine rings is 1. The summed E-state index contributed by atoms with van der Waals surface area (Å²) in [7, 11) is 0. The zero-order valence-corrected chi connectivity index (χ0v) is 8.04. The Bertz CT molecular complexity index is 391.